The Hall–Kier alpha value is -2.87. The van der Waals surface area contributed by atoms with E-state index >= 15 is 0 Å². The molecule has 0 amide bonds. The van der Waals surface area contributed by atoms with Gasteiger partial charge >= 0.3 is 5.69 Å². The molecule has 142 valence electrons. The lowest BCUT2D eigenvalue weighted by atomic mass is 10.2. The van der Waals surface area contributed by atoms with Gasteiger partial charge in [0.1, 0.15) is 0 Å². The first-order valence-electron chi connectivity index (χ1n) is 9.10. The van der Waals surface area contributed by atoms with Gasteiger partial charge in [-0.25, -0.2) is 14.3 Å². The molecule has 3 aromatic rings. The minimum Gasteiger partial charge on any atom is -0.369 e. The zero-order chi connectivity index (χ0) is 19.1. The van der Waals surface area contributed by atoms with Crippen LogP contribution in [0.15, 0.2) is 40.2 Å². The molecule has 1 saturated heterocycles. The van der Waals surface area contributed by atoms with Crippen LogP contribution >= 0.6 is 0 Å². The van der Waals surface area contributed by atoms with Crippen molar-refractivity contribution in [1.29, 1.82) is 0 Å². The van der Waals surface area contributed by atoms with Gasteiger partial charge in [-0.1, -0.05) is 12.1 Å². The lowest BCUT2D eigenvalue weighted by Gasteiger charge is -2.36. The second-order valence-electron chi connectivity index (χ2n) is 7.19. The molecule has 1 aliphatic rings. The SMILES string of the molecule is Cc1cccc(N2CCN(Cn3c(=O)c4c(ncn4C)n(C)c3=O)CC2)c1. The number of anilines is 1. The van der Waals surface area contributed by atoms with Crippen LogP contribution in [0.25, 0.3) is 11.2 Å². The Labute approximate surface area is 156 Å². The molecule has 0 atom stereocenters. The summed E-state index contributed by atoms with van der Waals surface area (Å²) in [4.78, 5) is 34.1. The topological polar surface area (TPSA) is 68.3 Å². The Morgan fingerprint density at radius 1 is 1.07 bits per heavy atom. The normalized spacial score (nSPS) is 15.6. The summed E-state index contributed by atoms with van der Waals surface area (Å²) < 4.78 is 4.43. The van der Waals surface area contributed by atoms with Crippen molar-refractivity contribution in [1.82, 2.24) is 23.6 Å². The van der Waals surface area contributed by atoms with E-state index in [1.54, 1.807) is 25.0 Å². The van der Waals surface area contributed by atoms with Crippen LogP contribution in [-0.4, -0.2) is 49.8 Å². The molecule has 0 spiro atoms. The first kappa shape index (κ1) is 17.5. The van der Waals surface area contributed by atoms with Crippen molar-refractivity contribution in [3.8, 4) is 0 Å². The molecule has 4 rings (SSSR count). The third kappa shape index (κ3) is 3.06. The van der Waals surface area contributed by atoms with E-state index in [1.165, 1.54) is 20.4 Å². The van der Waals surface area contributed by atoms with E-state index in [4.69, 9.17) is 0 Å². The standard InChI is InChI=1S/C19H24N6O2/c1-14-5-4-6-15(11-14)24-9-7-23(8-10-24)13-25-18(26)16-17(20-12-21(16)2)22(3)19(25)27/h4-6,11-12H,7-10,13H2,1-3H3. The maximum absolute atomic E-state index is 12.8. The van der Waals surface area contributed by atoms with Crippen LogP contribution < -0.4 is 16.1 Å². The second kappa shape index (κ2) is 6.70. The van der Waals surface area contributed by atoms with Crippen LogP contribution in [0.4, 0.5) is 5.69 Å². The number of aromatic nitrogens is 4. The van der Waals surface area contributed by atoms with Crippen molar-refractivity contribution >= 4 is 16.9 Å². The fourth-order valence-electron chi connectivity index (χ4n) is 3.69. The van der Waals surface area contributed by atoms with Gasteiger partial charge in [0, 0.05) is 46.0 Å². The summed E-state index contributed by atoms with van der Waals surface area (Å²) >= 11 is 0. The van der Waals surface area contributed by atoms with Gasteiger partial charge in [0.2, 0.25) is 0 Å². The van der Waals surface area contributed by atoms with Gasteiger partial charge in [-0.2, -0.15) is 0 Å². The summed E-state index contributed by atoms with van der Waals surface area (Å²) in [7, 11) is 3.43. The number of aryl methyl sites for hydroxylation is 3. The molecule has 1 aliphatic heterocycles. The number of piperazine rings is 1. The smallest absolute Gasteiger partial charge is 0.333 e. The Morgan fingerprint density at radius 2 is 1.81 bits per heavy atom. The molecular formula is C19H24N6O2. The highest BCUT2D eigenvalue weighted by Crippen LogP contribution is 2.17. The fraction of sp³-hybridized carbons (Fsp3) is 0.421. The average molecular weight is 368 g/mol. The van der Waals surface area contributed by atoms with Crippen molar-refractivity contribution in [2.24, 2.45) is 14.1 Å². The van der Waals surface area contributed by atoms with E-state index in [2.05, 4.69) is 46.0 Å². The first-order chi connectivity index (χ1) is 13.0. The summed E-state index contributed by atoms with van der Waals surface area (Å²) in [5.41, 5.74) is 2.73. The zero-order valence-corrected chi connectivity index (χ0v) is 15.9. The average Bonchev–Trinajstić information content (AvgIpc) is 3.06. The number of nitrogens with zero attached hydrogens (tertiary/aromatic N) is 6. The molecule has 8 nitrogen and oxygen atoms in total. The molecule has 3 heterocycles. The molecule has 8 heteroatoms. The van der Waals surface area contributed by atoms with E-state index < -0.39 is 0 Å². The number of rotatable bonds is 3. The maximum atomic E-state index is 12.8. The summed E-state index contributed by atoms with van der Waals surface area (Å²) in [6, 6.07) is 8.48. The predicted octanol–water partition coefficient (Wildman–Crippen LogP) is 0.522. The van der Waals surface area contributed by atoms with E-state index in [0.29, 0.717) is 17.8 Å². The quantitative estimate of drug-likeness (QED) is 0.674. The molecule has 0 bridgehead atoms. The Morgan fingerprint density at radius 3 is 2.52 bits per heavy atom. The summed E-state index contributed by atoms with van der Waals surface area (Å²) in [5, 5.41) is 0. The van der Waals surface area contributed by atoms with E-state index in [0.717, 1.165) is 26.2 Å². The zero-order valence-electron chi connectivity index (χ0n) is 15.9. The molecule has 1 aromatic carbocycles. The largest absolute Gasteiger partial charge is 0.369 e. The summed E-state index contributed by atoms with van der Waals surface area (Å²) in [5.74, 6) is 0. The molecule has 0 aliphatic carbocycles. The molecule has 0 radical (unpaired) electrons. The highest BCUT2D eigenvalue weighted by Gasteiger charge is 2.21. The van der Waals surface area contributed by atoms with Crippen molar-refractivity contribution in [2.75, 3.05) is 31.1 Å². The molecule has 2 aromatic heterocycles. The van der Waals surface area contributed by atoms with Crippen molar-refractivity contribution in [2.45, 2.75) is 13.6 Å². The Kier molecular flexibility index (Phi) is 4.35. The van der Waals surface area contributed by atoms with Crippen LogP contribution in [0.2, 0.25) is 0 Å². The van der Waals surface area contributed by atoms with Crippen molar-refractivity contribution in [3.63, 3.8) is 0 Å². The summed E-state index contributed by atoms with van der Waals surface area (Å²) in [6.45, 7) is 5.73. The Balaban J connectivity index is 1.55. The van der Waals surface area contributed by atoms with Gasteiger partial charge < -0.3 is 9.47 Å². The molecule has 0 saturated carbocycles. The summed E-state index contributed by atoms with van der Waals surface area (Å²) in [6.07, 6.45) is 1.57. The first-order valence-corrected chi connectivity index (χ1v) is 9.10. The highest BCUT2D eigenvalue weighted by atomic mass is 16.2. The lowest BCUT2D eigenvalue weighted by molar-refractivity contribution is 0.198. The highest BCUT2D eigenvalue weighted by molar-refractivity contribution is 5.69. The number of benzene rings is 1. The third-order valence-corrected chi connectivity index (χ3v) is 5.28. The van der Waals surface area contributed by atoms with Crippen LogP contribution in [0.5, 0.6) is 0 Å². The molecular weight excluding hydrogens is 344 g/mol. The van der Waals surface area contributed by atoms with Crippen LogP contribution in [-0.2, 0) is 20.8 Å². The molecule has 0 unspecified atom stereocenters. The number of hydrogen-bond acceptors (Lipinski definition) is 5. The van der Waals surface area contributed by atoms with Crippen LogP contribution in [0.3, 0.4) is 0 Å². The van der Waals surface area contributed by atoms with Gasteiger partial charge in [0.25, 0.3) is 5.56 Å². The monoisotopic (exact) mass is 368 g/mol. The maximum Gasteiger partial charge on any atom is 0.333 e. The second-order valence-corrected chi connectivity index (χ2v) is 7.19. The van der Waals surface area contributed by atoms with E-state index in [1.807, 2.05) is 0 Å². The number of hydrogen-bond donors (Lipinski definition) is 0. The minimum absolute atomic E-state index is 0.283. The van der Waals surface area contributed by atoms with E-state index in [9.17, 15) is 9.59 Å². The van der Waals surface area contributed by atoms with Gasteiger partial charge in [0.05, 0.1) is 13.0 Å². The van der Waals surface area contributed by atoms with Gasteiger partial charge in [-0.05, 0) is 24.6 Å². The molecule has 27 heavy (non-hydrogen) atoms. The van der Waals surface area contributed by atoms with Gasteiger partial charge in [0.15, 0.2) is 11.2 Å². The molecule has 1 fully saturated rings. The van der Waals surface area contributed by atoms with Crippen molar-refractivity contribution in [3.05, 3.63) is 57.0 Å². The number of imidazole rings is 1. The van der Waals surface area contributed by atoms with Crippen LogP contribution in [0.1, 0.15) is 5.56 Å². The van der Waals surface area contributed by atoms with Crippen LogP contribution in [0, 0.1) is 6.92 Å². The van der Waals surface area contributed by atoms with Gasteiger partial charge in [-0.3, -0.25) is 14.3 Å². The molecule has 0 N–H and O–H groups in total. The third-order valence-electron chi connectivity index (χ3n) is 5.28. The van der Waals surface area contributed by atoms with Gasteiger partial charge in [-0.15, -0.1) is 0 Å². The van der Waals surface area contributed by atoms with Crippen molar-refractivity contribution < 1.29 is 0 Å². The van der Waals surface area contributed by atoms with E-state index in [-0.39, 0.29) is 11.2 Å². The predicted molar refractivity (Wildman–Crippen MR) is 105 cm³/mol. The number of fused-ring (bicyclic) bond motifs is 1. The minimum atomic E-state index is -0.327. The fourth-order valence-corrected chi connectivity index (χ4v) is 3.69. The Bertz CT molecular complexity index is 1100. The lowest BCUT2D eigenvalue weighted by Crippen LogP contribution is -2.50.